The highest BCUT2D eigenvalue weighted by molar-refractivity contribution is 5.95. The quantitative estimate of drug-likeness (QED) is 0.668. The number of anilines is 1. The van der Waals surface area contributed by atoms with Gasteiger partial charge in [0.15, 0.2) is 0 Å². The lowest BCUT2D eigenvalue weighted by Crippen LogP contribution is -1.95. The number of aromatic nitrogens is 1. The molecule has 2 aromatic rings. The number of hydrogen-bond acceptors (Lipinski definition) is 3. The Kier molecular flexibility index (Phi) is 2.09. The van der Waals surface area contributed by atoms with Crippen molar-refractivity contribution < 1.29 is 5.11 Å². The number of aryl methyl sites for hydroxylation is 1. The maximum absolute atomic E-state index is 9.09. The Labute approximate surface area is 82.2 Å². The second-order valence-electron chi connectivity index (χ2n) is 3.31. The Morgan fingerprint density at radius 3 is 2.79 bits per heavy atom. The topological polar surface area (TPSA) is 59.1 Å². The van der Waals surface area contributed by atoms with Crippen LogP contribution >= 0.6 is 0 Å². The summed E-state index contributed by atoms with van der Waals surface area (Å²) < 4.78 is 0. The first-order valence-corrected chi connectivity index (χ1v) is 4.47. The second-order valence-corrected chi connectivity index (χ2v) is 3.31. The standard InChI is InChI=1S/C11H12N2O/c1-7-2-3-8-9(11(7)12)4-5-13-10(8)6-14/h2-5,14H,6,12H2,1H3. The lowest BCUT2D eigenvalue weighted by molar-refractivity contribution is 0.278. The molecule has 0 bridgehead atoms. The fourth-order valence-corrected chi connectivity index (χ4v) is 1.57. The monoisotopic (exact) mass is 188 g/mol. The first kappa shape index (κ1) is 8.97. The van der Waals surface area contributed by atoms with Crippen LogP contribution in [0.2, 0.25) is 0 Å². The van der Waals surface area contributed by atoms with E-state index in [0.29, 0.717) is 5.69 Å². The van der Waals surface area contributed by atoms with E-state index in [9.17, 15) is 0 Å². The molecule has 0 saturated carbocycles. The molecule has 0 atom stereocenters. The molecule has 0 radical (unpaired) electrons. The molecule has 3 N–H and O–H groups in total. The van der Waals surface area contributed by atoms with E-state index in [0.717, 1.165) is 22.0 Å². The number of fused-ring (bicyclic) bond motifs is 1. The Balaban J connectivity index is 2.86. The number of rotatable bonds is 1. The van der Waals surface area contributed by atoms with Crippen LogP contribution in [0.5, 0.6) is 0 Å². The van der Waals surface area contributed by atoms with E-state index in [1.54, 1.807) is 6.20 Å². The average molecular weight is 188 g/mol. The summed E-state index contributed by atoms with van der Waals surface area (Å²) >= 11 is 0. The van der Waals surface area contributed by atoms with Crippen molar-refractivity contribution in [3.8, 4) is 0 Å². The van der Waals surface area contributed by atoms with Gasteiger partial charge in [-0.05, 0) is 18.6 Å². The van der Waals surface area contributed by atoms with Crippen LogP contribution in [0.1, 0.15) is 11.3 Å². The first-order chi connectivity index (χ1) is 6.74. The van der Waals surface area contributed by atoms with Gasteiger partial charge in [0.1, 0.15) is 0 Å². The van der Waals surface area contributed by atoms with E-state index in [1.807, 2.05) is 25.1 Å². The number of nitrogens with two attached hydrogens (primary N) is 1. The number of nitrogen functional groups attached to an aromatic ring is 1. The van der Waals surface area contributed by atoms with Gasteiger partial charge >= 0.3 is 0 Å². The van der Waals surface area contributed by atoms with Gasteiger partial charge in [0.25, 0.3) is 0 Å². The third-order valence-corrected chi connectivity index (χ3v) is 2.44. The van der Waals surface area contributed by atoms with Gasteiger partial charge in [0, 0.05) is 22.7 Å². The molecule has 3 nitrogen and oxygen atoms in total. The fraction of sp³-hybridized carbons (Fsp3) is 0.182. The molecule has 0 spiro atoms. The summed E-state index contributed by atoms with van der Waals surface area (Å²) in [6.07, 6.45) is 1.67. The smallest absolute Gasteiger partial charge is 0.0859 e. The van der Waals surface area contributed by atoms with Crippen LogP contribution in [0.25, 0.3) is 10.8 Å². The third kappa shape index (κ3) is 1.22. The van der Waals surface area contributed by atoms with Crippen LogP contribution in [0.3, 0.4) is 0 Å². The molecule has 0 saturated heterocycles. The number of aliphatic hydroxyl groups is 1. The fourth-order valence-electron chi connectivity index (χ4n) is 1.57. The van der Waals surface area contributed by atoms with Gasteiger partial charge in [-0.1, -0.05) is 12.1 Å². The molecule has 0 aliphatic carbocycles. The van der Waals surface area contributed by atoms with Gasteiger partial charge in [-0.2, -0.15) is 0 Å². The van der Waals surface area contributed by atoms with Crippen LogP contribution < -0.4 is 5.73 Å². The highest BCUT2D eigenvalue weighted by Crippen LogP contribution is 2.25. The van der Waals surface area contributed by atoms with E-state index in [4.69, 9.17) is 10.8 Å². The first-order valence-electron chi connectivity index (χ1n) is 4.47. The highest BCUT2D eigenvalue weighted by atomic mass is 16.3. The Hall–Kier alpha value is -1.61. The molecule has 0 fully saturated rings. The Morgan fingerprint density at radius 1 is 1.29 bits per heavy atom. The van der Waals surface area contributed by atoms with Crippen molar-refractivity contribution in [1.29, 1.82) is 0 Å². The van der Waals surface area contributed by atoms with Crippen molar-refractivity contribution >= 4 is 16.5 Å². The molecule has 72 valence electrons. The molecule has 1 aromatic heterocycles. The van der Waals surface area contributed by atoms with Gasteiger partial charge in [-0.15, -0.1) is 0 Å². The number of benzene rings is 1. The largest absolute Gasteiger partial charge is 0.398 e. The van der Waals surface area contributed by atoms with Gasteiger partial charge in [0.05, 0.1) is 12.3 Å². The molecule has 1 aromatic carbocycles. The van der Waals surface area contributed by atoms with Crippen molar-refractivity contribution in [2.24, 2.45) is 0 Å². The van der Waals surface area contributed by atoms with Crippen molar-refractivity contribution in [3.63, 3.8) is 0 Å². The molecule has 0 aliphatic rings. The molecular weight excluding hydrogens is 176 g/mol. The molecule has 2 rings (SSSR count). The molecule has 0 amide bonds. The molecule has 0 unspecified atom stereocenters. The minimum Gasteiger partial charge on any atom is -0.398 e. The zero-order valence-corrected chi connectivity index (χ0v) is 7.99. The van der Waals surface area contributed by atoms with Crippen molar-refractivity contribution in [2.45, 2.75) is 13.5 Å². The molecular formula is C11H12N2O. The van der Waals surface area contributed by atoms with Crippen LogP contribution in [-0.2, 0) is 6.61 Å². The lowest BCUT2D eigenvalue weighted by Gasteiger charge is -2.07. The van der Waals surface area contributed by atoms with E-state index in [-0.39, 0.29) is 6.61 Å². The number of hydrogen-bond donors (Lipinski definition) is 2. The summed E-state index contributed by atoms with van der Waals surface area (Å²) in [6, 6.07) is 5.76. The number of pyridine rings is 1. The minimum atomic E-state index is -0.0557. The Bertz CT molecular complexity index is 480. The second kappa shape index (κ2) is 3.27. The van der Waals surface area contributed by atoms with Crippen LogP contribution in [-0.4, -0.2) is 10.1 Å². The van der Waals surface area contributed by atoms with Gasteiger partial charge in [0.2, 0.25) is 0 Å². The van der Waals surface area contributed by atoms with Crippen LogP contribution in [0.4, 0.5) is 5.69 Å². The maximum atomic E-state index is 9.09. The summed E-state index contributed by atoms with van der Waals surface area (Å²) in [4.78, 5) is 4.09. The summed E-state index contributed by atoms with van der Waals surface area (Å²) in [6.45, 7) is 1.91. The highest BCUT2D eigenvalue weighted by Gasteiger charge is 2.04. The molecule has 14 heavy (non-hydrogen) atoms. The van der Waals surface area contributed by atoms with Crippen molar-refractivity contribution in [2.75, 3.05) is 5.73 Å². The normalized spacial score (nSPS) is 10.7. The van der Waals surface area contributed by atoms with E-state index < -0.39 is 0 Å². The maximum Gasteiger partial charge on any atom is 0.0859 e. The lowest BCUT2D eigenvalue weighted by atomic mass is 10.0. The SMILES string of the molecule is Cc1ccc2c(CO)nccc2c1N. The zero-order chi connectivity index (χ0) is 10.1. The zero-order valence-electron chi connectivity index (χ0n) is 7.99. The van der Waals surface area contributed by atoms with E-state index in [1.165, 1.54) is 0 Å². The van der Waals surface area contributed by atoms with Crippen LogP contribution in [0.15, 0.2) is 24.4 Å². The predicted octanol–water partition coefficient (Wildman–Crippen LogP) is 1.62. The summed E-state index contributed by atoms with van der Waals surface area (Å²) in [5.74, 6) is 0. The van der Waals surface area contributed by atoms with E-state index in [2.05, 4.69) is 4.98 Å². The van der Waals surface area contributed by atoms with Crippen molar-refractivity contribution in [3.05, 3.63) is 35.7 Å². The molecule has 1 heterocycles. The third-order valence-electron chi connectivity index (χ3n) is 2.44. The molecule has 0 aliphatic heterocycles. The van der Waals surface area contributed by atoms with Gasteiger partial charge < -0.3 is 10.8 Å². The minimum absolute atomic E-state index is 0.0557. The van der Waals surface area contributed by atoms with Crippen molar-refractivity contribution in [1.82, 2.24) is 4.98 Å². The summed E-state index contributed by atoms with van der Waals surface area (Å²) in [5, 5.41) is 11.0. The Morgan fingerprint density at radius 2 is 2.07 bits per heavy atom. The average Bonchev–Trinajstić information content (AvgIpc) is 2.23. The predicted molar refractivity (Wildman–Crippen MR) is 56.8 cm³/mol. The number of aliphatic hydroxyl groups excluding tert-OH is 1. The summed E-state index contributed by atoms with van der Waals surface area (Å²) in [7, 11) is 0. The van der Waals surface area contributed by atoms with Gasteiger partial charge in [-0.3, -0.25) is 4.98 Å². The van der Waals surface area contributed by atoms with E-state index >= 15 is 0 Å². The number of nitrogens with zero attached hydrogens (tertiary/aromatic N) is 1. The molecule has 3 heteroatoms. The van der Waals surface area contributed by atoms with Gasteiger partial charge in [-0.25, -0.2) is 0 Å². The van der Waals surface area contributed by atoms with Crippen LogP contribution in [0, 0.1) is 6.92 Å². The summed E-state index contributed by atoms with van der Waals surface area (Å²) in [5.41, 5.74) is 8.42.